The predicted molar refractivity (Wildman–Crippen MR) is 155 cm³/mol. The van der Waals surface area contributed by atoms with Gasteiger partial charge in [-0.25, -0.2) is 13.9 Å². The van der Waals surface area contributed by atoms with Crippen LogP contribution in [0.25, 0.3) is 27.8 Å². The molecular weight excluding hydrogens is 566 g/mol. The lowest BCUT2D eigenvalue weighted by Crippen LogP contribution is -2.27. The molecule has 1 saturated heterocycles. The molecule has 0 radical (unpaired) electrons. The van der Waals surface area contributed by atoms with Crippen molar-refractivity contribution in [2.24, 2.45) is 0 Å². The number of ether oxygens (including phenoxy) is 1. The van der Waals surface area contributed by atoms with Gasteiger partial charge in [0.05, 0.1) is 35.4 Å². The Bertz CT molecular complexity index is 1520. The normalized spacial score (nSPS) is 13.5. The zero-order valence-electron chi connectivity index (χ0n) is 21.3. The Morgan fingerprint density at radius 1 is 1.08 bits per heavy atom. The molecule has 1 aromatic carbocycles. The van der Waals surface area contributed by atoms with Crippen molar-refractivity contribution in [2.45, 2.75) is 38.6 Å². The van der Waals surface area contributed by atoms with Gasteiger partial charge in [0.1, 0.15) is 5.82 Å². The zero-order chi connectivity index (χ0) is 24.5. The van der Waals surface area contributed by atoms with Crippen LogP contribution < -0.4 is 10.1 Å². The number of benzene rings is 1. The van der Waals surface area contributed by atoms with Crippen molar-refractivity contribution in [3.05, 3.63) is 66.1 Å². The summed E-state index contributed by atoms with van der Waals surface area (Å²) in [6, 6.07) is 8.90. The van der Waals surface area contributed by atoms with E-state index in [2.05, 4.69) is 30.7 Å². The van der Waals surface area contributed by atoms with Crippen LogP contribution in [0, 0.1) is 12.7 Å². The molecule has 0 unspecified atom stereocenters. The SMILES string of the molecule is Cc1cn2nc(-c3cc(F)c4cc(C5CCNCC5)nnc4c3)cc(OCCCn3cccn3)c2n1.Cl.Cl.Cl. The fourth-order valence-electron chi connectivity index (χ4n) is 4.73. The van der Waals surface area contributed by atoms with Crippen LogP contribution in [0.3, 0.4) is 0 Å². The highest BCUT2D eigenvalue weighted by atomic mass is 35.5. The molecule has 0 amide bonds. The second-order valence-electron chi connectivity index (χ2n) is 9.20. The molecule has 1 aliphatic rings. The highest BCUT2D eigenvalue weighted by molar-refractivity contribution is 5.86. The molecule has 1 aliphatic heterocycles. The van der Waals surface area contributed by atoms with Crippen molar-refractivity contribution in [3.8, 4) is 17.0 Å². The molecule has 0 atom stereocenters. The first-order valence-corrected chi connectivity index (χ1v) is 12.3. The van der Waals surface area contributed by atoms with Gasteiger partial charge < -0.3 is 10.1 Å². The molecule has 0 bridgehead atoms. The molecule has 13 heteroatoms. The topological polar surface area (TPSA) is 95.1 Å². The lowest BCUT2D eigenvalue weighted by molar-refractivity contribution is 0.300. The number of hydrogen-bond acceptors (Lipinski definition) is 7. The van der Waals surface area contributed by atoms with Crippen molar-refractivity contribution in [1.82, 2.24) is 39.9 Å². The number of nitrogens with zero attached hydrogens (tertiary/aromatic N) is 7. The van der Waals surface area contributed by atoms with E-state index in [1.54, 1.807) is 10.7 Å². The number of aryl methyl sites for hydroxylation is 2. The smallest absolute Gasteiger partial charge is 0.196 e. The average Bonchev–Trinajstić information content (AvgIpc) is 3.55. The van der Waals surface area contributed by atoms with Crippen LogP contribution in [0.1, 0.15) is 36.6 Å². The summed E-state index contributed by atoms with van der Waals surface area (Å²) in [6.07, 6.45) is 8.27. The lowest BCUT2D eigenvalue weighted by atomic mass is 9.93. The molecule has 208 valence electrons. The fraction of sp³-hybridized carbons (Fsp3) is 0.346. The van der Waals surface area contributed by atoms with Crippen LogP contribution in [0.4, 0.5) is 4.39 Å². The highest BCUT2D eigenvalue weighted by Crippen LogP contribution is 2.31. The van der Waals surface area contributed by atoms with Gasteiger partial charge in [0.2, 0.25) is 0 Å². The lowest BCUT2D eigenvalue weighted by Gasteiger charge is -2.21. The molecule has 0 aliphatic carbocycles. The van der Waals surface area contributed by atoms with Crippen LogP contribution in [0.5, 0.6) is 5.75 Å². The maximum Gasteiger partial charge on any atom is 0.196 e. The summed E-state index contributed by atoms with van der Waals surface area (Å²) in [6.45, 7) is 5.04. The van der Waals surface area contributed by atoms with E-state index in [9.17, 15) is 0 Å². The van der Waals surface area contributed by atoms with Crippen molar-refractivity contribution in [1.29, 1.82) is 0 Å². The van der Waals surface area contributed by atoms with Crippen LogP contribution in [-0.4, -0.2) is 54.3 Å². The third kappa shape index (κ3) is 6.58. The molecule has 9 nitrogen and oxygen atoms in total. The van der Waals surface area contributed by atoms with Crippen molar-refractivity contribution < 1.29 is 9.13 Å². The summed E-state index contributed by atoms with van der Waals surface area (Å²) < 4.78 is 25.0. The van der Waals surface area contributed by atoms with E-state index in [0.29, 0.717) is 46.1 Å². The van der Waals surface area contributed by atoms with Gasteiger partial charge in [-0.2, -0.15) is 20.4 Å². The molecule has 4 aromatic heterocycles. The monoisotopic (exact) mass is 594 g/mol. The summed E-state index contributed by atoms with van der Waals surface area (Å²) >= 11 is 0. The standard InChI is InChI=1S/C26H27FN8O.3ClH/c1-17-16-35-26(30-17)25(36-11-3-10-34-9-2-6-29-34)15-23(33-35)19-12-21(27)20-14-22(31-32-24(20)13-19)18-4-7-28-8-5-18;;;/h2,6,9,12-16,18,28H,3-5,7-8,10-11H2,1H3;3*1H. The largest absolute Gasteiger partial charge is 0.489 e. The van der Waals surface area contributed by atoms with Gasteiger partial charge in [-0.15, -0.1) is 37.2 Å². The Morgan fingerprint density at radius 3 is 2.67 bits per heavy atom. The summed E-state index contributed by atoms with van der Waals surface area (Å²) in [4.78, 5) is 4.56. The summed E-state index contributed by atoms with van der Waals surface area (Å²) in [5.41, 5.74) is 4.00. The quantitative estimate of drug-likeness (QED) is 0.259. The third-order valence-corrected chi connectivity index (χ3v) is 6.59. The van der Waals surface area contributed by atoms with E-state index in [-0.39, 0.29) is 43.0 Å². The van der Waals surface area contributed by atoms with E-state index in [1.807, 2.05) is 48.3 Å². The summed E-state index contributed by atoms with van der Waals surface area (Å²) in [5, 5.41) is 21.5. The van der Waals surface area contributed by atoms with Crippen molar-refractivity contribution >= 4 is 53.8 Å². The molecule has 6 rings (SSSR count). The van der Waals surface area contributed by atoms with Crippen LogP contribution in [0.15, 0.2) is 48.9 Å². The number of piperidine rings is 1. The predicted octanol–water partition coefficient (Wildman–Crippen LogP) is 5.19. The number of halogens is 4. The first kappa shape index (κ1) is 30.5. The molecule has 5 heterocycles. The van der Waals surface area contributed by atoms with Gasteiger partial charge >= 0.3 is 0 Å². The maximum absolute atomic E-state index is 15.3. The fourth-order valence-corrected chi connectivity index (χ4v) is 4.73. The minimum absolute atomic E-state index is 0. The van der Waals surface area contributed by atoms with Gasteiger partial charge in [0, 0.05) is 48.3 Å². The Hall–Kier alpha value is -3.05. The Labute approximate surface area is 243 Å². The average molecular weight is 596 g/mol. The number of aromatic nitrogens is 7. The number of nitrogens with one attached hydrogen (secondary N) is 1. The highest BCUT2D eigenvalue weighted by Gasteiger charge is 2.19. The van der Waals surface area contributed by atoms with E-state index in [4.69, 9.17) is 4.74 Å². The minimum atomic E-state index is -0.335. The number of fused-ring (bicyclic) bond motifs is 2. The van der Waals surface area contributed by atoms with E-state index >= 15 is 4.39 Å². The Morgan fingerprint density at radius 2 is 1.90 bits per heavy atom. The molecule has 0 saturated carbocycles. The minimum Gasteiger partial charge on any atom is -0.489 e. The van der Waals surface area contributed by atoms with E-state index in [0.717, 1.165) is 50.3 Å². The van der Waals surface area contributed by atoms with Crippen LogP contribution in [-0.2, 0) is 6.54 Å². The first-order valence-electron chi connectivity index (χ1n) is 12.3. The Balaban J connectivity index is 0.00000140. The number of imidazole rings is 1. The summed E-state index contributed by atoms with van der Waals surface area (Å²) in [7, 11) is 0. The van der Waals surface area contributed by atoms with Gasteiger partial charge in [0.15, 0.2) is 11.4 Å². The van der Waals surface area contributed by atoms with Crippen LogP contribution in [0.2, 0.25) is 0 Å². The molecule has 5 aromatic rings. The molecule has 1 fully saturated rings. The molecule has 0 spiro atoms. The Kier molecular flexibility index (Phi) is 10.4. The zero-order valence-corrected chi connectivity index (χ0v) is 23.7. The van der Waals surface area contributed by atoms with Crippen LogP contribution >= 0.6 is 37.2 Å². The molecule has 1 N–H and O–H groups in total. The maximum atomic E-state index is 15.3. The third-order valence-electron chi connectivity index (χ3n) is 6.59. The number of rotatable bonds is 7. The van der Waals surface area contributed by atoms with Gasteiger partial charge in [-0.05, 0) is 57.1 Å². The first-order chi connectivity index (χ1) is 17.6. The van der Waals surface area contributed by atoms with E-state index in [1.165, 1.54) is 6.07 Å². The summed E-state index contributed by atoms with van der Waals surface area (Å²) in [5.74, 6) is 0.572. The van der Waals surface area contributed by atoms with Crippen molar-refractivity contribution in [3.63, 3.8) is 0 Å². The van der Waals surface area contributed by atoms with Gasteiger partial charge in [-0.3, -0.25) is 4.68 Å². The second kappa shape index (κ2) is 13.3. The molecular formula is C26H30Cl3FN8O. The van der Waals surface area contributed by atoms with Crippen molar-refractivity contribution in [2.75, 3.05) is 19.7 Å². The van der Waals surface area contributed by atoms with Gasteiger partial charge in [0.25, 0.3) is 0 Å². The second-order valence-corrected chi connectivity index (χ2v) is 9.20. The van der Waals surface area contributed by atoms with Gasteiger partial charge in [-0.1, -0.05) is 0 Å². The van der Waals surface area contributed by atoms with E-state index < -0.39 is 0 Å². The number of hydrogen-bond donors (Lipinski definition) is 1. The molecule has 39 heavy (non-hydrogen) atoms.